The molecule has 256 valence electrons. The minimum atomic E-state index is 0.0967. The molecule has 0 aliphatic rings. The number of nitrogens with one attached hydrogen (secondary N) is 2. The fourth-order valence-electron chi connectivity index (χ4n) is 8.31. The average molecular weight is 659 g/mol. The van der Waals surface area contributed by atoms with Gasteiger partial charge in [0.15, 0.2) is 0 Å². The van der Waals surface area contributed by atoms with E-state index in [1.165, 1.54) is 66.8 Å². The van der Waals surface area contributed by atoms with Crippen molar-refractivity contribution in [1.82, 2.24) is 30.8 Å². The van der Waals surface area contributed by atoms with Crippen molar-refractivity contribution in [2.24, 2.45) is 0 Å². The smallest absolute Gasteiger partial charge is 0.125 e. The molecule has 0 radical (unpaired) electrons. The van der Waals surface area contributed by atoms with Crippen molar-refractivity contribution in [3.8, 4) is 11.5 Å². The van der Waals surface area contributed by atoms with Crippen LogP contribution in [0.5, 0.6) is 11.5 Å². The number of methoxy groups -OCH3 is 2. The number of H-pyrrole nitrogens is 2. The van der Waals surface area contributed by atoms with Gasteiger partial charge in [-0.1, -0.05) is 51.0 Å². The first-order chi connectivity index (χ1) is 23.7. The lowest BCUT2D eigenvalue weighted by Gasteiger charge is -2.31. The molecular formula is C41H50N6O2. The quantitative estimate of drug-likeness (QED) is 0.136. The summed E-state index contributed by atoms with van der Waals surface area (Å²) in [6.07, 6.45) is 4.63. The SMILES string of the molecule is CCCC(c1c(C)c(C)c(C)c(OC)c1Cc1c(OC)c(C)c(C)c(C)c1C(CCC)c1cccc2n[nH]nc12)c1cccc2n[nH]nc12. The average Bonchev–Trinajstić information content (AvgIpc) is 3.79. The molecule has 0 aliphatic heterocycles. The van der Waals surface area contributed by atoms with Crippen LogP contribution in [0.2, 0.25) is 0 Å². The molecule has 8 nitrogen and oxygen atoms in total. The zero-order valence-corrected chi connectivity index (χ0v) is 30.8. The number of nitrogens with zero attached hydrogens (tertiary/aromatic N) is 4. The second-order valence-electron chi connectivity index (χ2n) is 13.5. The van der Waals surface area contributed by atoms with Crippen molar-refractivity contribution < 1.29 is 9.47 Å². The molecule has 2 atom stereocenters. The lowest BCUT2D eigenvalue weighted by atomic mass is 9.75. The highest BCUT2D eigenvalue weighted by atomic mass is 16.5. The number of fused-ring (bicyclic) bond motifs is 2. The molecule has 0 bridgehead atoms. The van der Waals surface area contributed by atoms with E-state index in [0.29, 0.717) is 6.42 Å². The first kappa shape index (κ1) is 34.2. The van der Waals surface area contributed by atoms with Crippen LogP contribution in [-0.2, 0) is 6.42 Å². The van der Waals surface area contributed by atoms with Gasteiger partial charge in [0.05, 0.1) is 14.2 Å². The van der Waals surface area contributed by atoms with Crippen molar-refractivity contribution in [2.75, 3.05) is 14.2 Å². The summed E-state index contributed by atoms with van der Waals surface area (Å²) in [4.78, 5) is 0. The van der Waals surface area contributed by atoms with E-state index in [2.05, 4.69) is 110 Å². The molecule has 4 aromatic carbocycles. The molecule has 49 heavy (non-hydrogen) atoms. The Bertz CT molecular complexity index is 1990. The van der Waals surface area contributed by atoms with Gasteiger partial charge in [-0.3, -0.25) is 0 Å². The first-order valence-corrected chi connectivity index (χ1v) is 17.6. The Kier molecular flexibility index (Phi) is 9.77. The van der Waals surface area contributed by atoms with Crippen LogP contribution in [0.3, 0.4) is 0 Å². The van der Waals surface area contributed by atoms with E-state index in [4.69, 9.17) is 9.47 Å². The van der Waals surface area contributed by atoms with Gasteiger partial charge in [0.1, 0.15) is 33.6 Å². The third-order valence-corrected chi connectivity index (χ3v) is 11.1. The Morgan fingerprint density at radius 1 is 0.551 bits per heavy atom. The fraction of sp³-hybridized carbons (Fsp3) is 0.415. The number of hydrogen-bond donors (Lipinski definition) is 2. The zero-order chi connectivity index (χ0) is 35.0. The van der Waals surface area contributed by atoms with Crippen LogP contribution in [0, 0.1) is 41.5 Å². The molecule has 6 rings (SSSR count). The van der Waals surface area contributed by atoms with Gasteiger partial charge in [0, 0.05) is 29.4 Å². The van der Waals surface area contributed by atoms with Gasteiger partial charge in [-0.15, -0.1) is 0 Å². The lowest BCUT2D eigenvalue weighted by molar-refractivity contribution is 0.399. The maximum atomic E-state index is 6.40. The van der Waals surface area contributed by atoms with Gasteiger partial charge in [-0.2, -0.15) is 30.8 Å². The molecule has 2 unspecified atom stereocenters. The molecule has 0 spiro atoms. The highest BCUT2D eigenvalue weighted by Crippen LogP contribution is 2.48. The minimum Gasteiger partial charge on any atom is -0.496 e. The molecule has 0 amide bonds. The van der Waals surface area contributed by atoms with E-state index in [0.717, 1.165) is 59.2 Å². The predicted molar refractivity (Wildman–Crippen MR) is 198 cm³/mol. The summed E-state index contributed by atoms with van der Waals surface area (Å²) < 4.78 is 12.8. The lowest BCUT2D eigenvalue weighted by Crippen LogP contribution is -2.16. The van der Waals surface area contributed by atoms with E-state index in [1.807, 2.05) is 26.4 Å². The van der Waals surface area contributed by atoms with Gasteiger partial charge in [0.25, 0.3) is 0 Å². The third-order valence-electron chi connectivity index (χ3n) is 11.1. The number of aromatic amines is 2. The largest absolute Gasteiger partial charge is 0.496 e. The van der Waals surface area contributed by atoms with Gasteiger partial charge in [-0.25, -0.2) is 0 Å². The summed E-state index contributed by atoms with van der Waals surface area (Å²) >= 11 is 0. The Morgan fingerprint density at radius 2 is 0.959 bits per heavy atom. The topological polar surface area (TPSA) is 102 Å². The number of benzene rings is 4. The van der Waals surface area contributed by atoms with Crippen LogP contribution in [0.4, 0.5) is 0 Å². The van der Waals surface area contributed by atoms with E-state index < -0.39 is 0 Å². The molecule has 0 aliphatic carbocycles. The van der Waals surface area contributed by atoms with E-state index in [1.54, 1.807) is 0 Å². The second-order valence-corrected chi connectivity index (χ2v) is 13.5. The normalized spacial score (nSPS) is 12.9. The molecule has 2 aromatic heterocycles. The predicted octanol–water partition coefficient (Wildman–Crippen LogP) is 9.55. The molecule has 2 heterocycles. The number of ether oxygens (including phenoxy) is 2. The van der Waals surface area contributed by atoms with Crippen LogP contribution >= 0.6 is 0 Å². The first-order valence-electron chi connectivity index (χ1n) is 17.6. The Labute approximate surface area is 290 Å². The highest BCUT2D eigenvalue weighted by Gasteiger charge is 2.32. The maximum Gasteiger partial charge on any atom is 0.125 e. The molecular weight excluding hydrogens is 608 g/mol. The van der Waals surface area contributed by atoms with Crippen molar-refractivity contribution in [3.05, 3.63) is 103 Å². The fourth-order valence-corrected chi connectivity index (χ4v) is 8.31. The molecule has 0 saturated heterocycles. The van der Waals surface area contributed by atoms with Gasteiger partial charge in [-0.05, 0) is 122 Å². The zero-order valence-electron chi connectivity index (χ0n) is 30.8. The number of para-hydroxylation sites is 2. The summed E-state index contributed by atoms with van der Waals surface area (Å²) in [6.45, 7) is 17.9. The van der Waals surface area contributed by atoms with Crippen LogP contribution in [0.25, 0.3) is 22.1 Å². The summed E-state index contributed by atoms with van der Waals surface area (Å²) in [7, 11) is 3.62. The van der Waals surface area contributed by atoms with Crippen molar-refractivity contribution in [2.45, 2.75) is 99.3 Å². The monoisotopic (exact) mass is 658 g/mol. The Hall–Kier alpha value is -4.72. The number of aromatic nitrogens is 6. The second kappa shape index (κ2) is 14.0. The van der Waals surface area contributed by atoms with Gasteiger partial charge >= 0.3 is 0 Å². The van der Waals surface area contributed by atoms with Crippen LogP contribution in [0.1, 0.15) is 118 Å². The van der Waals surface area contributed by atoms with E-state index >= 15 is 0 Å². The Morgan fingerprint density at radius 3 is 1.33 bits per heavy atom. The summed E-state index contributed by atoms with van der Waals surface area (Å²) in [5.74, 6) is 2.08. The Balaban J connectivity index is 1.69. The summed E-state index contributed by atoms with van der Waals surface area (Å²) in [6, 6.07) is 12.7. The van der Waals surface area contributed by atoms with Crippen molar-refractivity contribution in [1.29, 1.82) is 0 Å². The van der Waals surface area contributed by atoms with Gasteiger partial charge in [0.2, 0.25) is 0 Å². The van der Waals surface area contributed by atoms with E-state index in [9.17, 15) is 0 Å². The number of rotatable bonds is 12. The van der Waals surface area contributed by atoms with Crippen LogP contribution < -0.4 is 9.47 Å². The molecule has 0 fully saturated rings. The van der Waals surface area contributed by atoms with Crippen molar-refractivity contribution in [3.63, 3.8) is 0 Å². The number of hydrogen-bond acceptors (Lipinski definition) is 6. The minimum absolute atomic E-state index is 0.0967. The highest BCUT2D eigenvalue weighted by molar-refractivity contribution is 5.80. The van der Waals surface area contributed by atoms with Crippen molar-refractivity contribution >= 4 is 22.1 Å². The standard InChI is InChI=1S/C41H50N6O2/c1-11-15-28(30-17-13-19-34-38(30)44-46-42-34)36-24(5)22(3)26(7)40(48-9)32(36)21-33-37(25(6)23(4)27(8)41(33)49-10)29(16-12-2)31-18-14-20-35-39(31)45-47-43-35/h13-14,17-20,28-29H,11-12,15-16,21H2,1-10H3,(H,42,44,46)(H,43,45,47). The van der Waals surface area contributed by atoms with Crippen LogP contribution in [0.15, 0.2) is 36.4 Å². The third kappa shape index (κ3) is 5.75. The molecule has 2 N–H and O–H groups in total. The van der Waals surface area contributed by atoms with E-state index in [-0.39, 0.29) is 11.8 Å². The summed E-state index contributed by atoms with van der Waals surface area (Å²) in [5.41, 5.74) is 18.5. The molecule has 0 saturated carbocycles. The van der Waals surface area contributed by atoms with Gasteiger partial charge < -0.3 is 9.47 Å². The summed E-state index contributed by atoms with van der Waals surface area (Å²) in [5, 5.41) is 23.9. The van der Waals surface area contributed by atoms with Crippen LogP contribution in [-0.4, -0.2) is 45.0 Å². The molecule has 6 aromatic rings. The molecule has 8 heteroatoms. The maximum absolute atomic E-state index is 6.40.